The lowest BCUT2D eigenvalue weighted by atomic mass is 10.3. The van der Waals surface area contributed by atoms with E-state index in [1.54, 1.807) is 31.2 Å². The first-order valence-electron chi connectivity index (χ1n) is 5.06. The summed E-state index contributed by atoms with van der Waals surface area (Å²) >= 11 is 0. The Hall–Kier alpha value is -2.24. The van der Waals surface area contributed by atoms with Crippen LogP contribution in [0.4, 0.5) is 10.5 Å². The van der Waals surface area contributed by atoms with Crippen molar-refractivity contribution < 1.29 is 19.1 Å². The molecule has 1 aromatic rings. The van der Waals surface area contributed by atoms with Crippen molar-refractivity contribution in [3.05, 3.63) is 24.3 Å². The molecule has 0 atom stereocenters. The molecule has 0 heterocycles. The molecule has 0 aromatic heterocycles. The van der Waals surface area contributed by atoms with Crippen molar-refractivity contribution in [1.82, 2.24) is 0 Å². The van der Waals surface area contributed by atoms with Gasteiger partial charge in [0, 0.05) is 11.8 Å². The van der Waals surface area contributed by atoms with Crippen molar-refractivity contribution in [1.29, 1.82) is 0 Å². The number of hydrogen-bond donors (Lipinski definition) is 2. The predicted molar refractivity (Wildman–Crippen MR) is 61.8 cm³/mol. The van der Waals surface area contributed by atoms with Gasteiger partial charge in [-0.3, -0.25) is 10.1 Å². The molecule has 1 aromatic carbocycles. The SMILES string of the molecule is CCOC(=O)Nc1cccc(OCC(N)=O)c1. The minimum absolute atomic E-state index is 0.205. The van der Waals surface area contributed by atoms with Gasteiger partial charge in [-0.2, -0.15) is 0 Å². The predicted octanol–water partition coefficient (Wildman–Crippen LogP) is 1.12. The summed E-state index contributed by atoms with van der Waals surface area (Å²) in [5, 5.41) is 2.51. The number of rotatable bonds is 5. The number of benzene rings is 1. The minimum Gasteiger partial charge on any atom is -0.484 e. The molecule has 0 fully saturated rings. The van der Waals surface area contributed by atoms with Crippen molar-refractivity contribution in [2.75, 3.05) is 18.5 Å². The summed E-state index contributed by atoms with van der Waals surface area (Å²) in [5.74, 6) is -0.119. The first kappa shape index (κ1) is 12.8. The zero-order chi connectivity index (χ0) is 12.7. The second-order valence-electron chi connectivity index (χ2n) is 3.13. The fourth-order valence-corrected chi connectivity index (χ4v) is 1.10. The summed E-state index contributed by atoms with van der Waals surface area (Å²) in [6.45, 7) is 1.80. The fraction of sp³-hybridized carbons (Fsp3) is 0.273. The molecule has 0 bridgehead atoms. The highest BCUT2D eigenvalue weighted by atomic mass is 16.5. The van der Waals surface area contributed by atoms with E-state index in [1.165, 1.54) is 0 Å². The average Bonchev–Trinajstić information content (AvgIpc) is 2.27. The quantitative estimate of drug-likeness (QED) is 0.804. The third-order valence-corrected chi connectivity index (χ3v) is 1.74. The third-order valence-electron chi connectivity index (χ3n) is 1.74. The van der Waals surface area contributed by atoms with E-state index in [1.807, 2.05) is 0 Å². The van der Waals surface area contributed by atoms with Crippen LogP contribution in [0.2, 0.25) is 0 Å². The van der Waals surface area contributed by atoms with Gasteiger partial charge in [0.15, 0.2) is 6.61 Å². The van der Waals surface area contributed by atoms with Crippen LogP contribution in [0.1, 0.15) is 6.92 Å². The first-order valence-corrected chi connectivity index (χ1v) is 5.06. The van der Waals surface area contributed by atoms with Crippen LogP contribution in [0, 0.1) is 0 Å². The molecule has 0 unspecified atom stereocenters. The van der Waals surface area contributed by atoms with Gasteiger partial charge in [0.1, 0.15) is 5.75 Å². The summed E-state index contributed by atoms with van der Waals surface area (Å²) in [6, 6.07) is 6.57. The standard InChI is InChI=1S/C11H14N2O4/c1-2-16-11(15)13-8-4-3-5-9(6-8)17-7-10(12)14/h3-6H,2,7H2,1H3,(H2,12,14)(H,13,15). The summed E-state index contributed by atoms with van der Waals surface area (Å²) in [7, 11) is 0. The zero-order valence-electron chi connectivity index (χ0n) is 9.43. The maximum Gasteiger partial charge on any atom is 0.411 e. The Morgan fingerprint density at radius 3 is 2.82 bits per heavy atom. The lowest BCUT2D eigenvalue weighted by Crippen LogP contribution is -2.20. The van der Waals surface area contributed by atoms with Crippen LogP contribution >= 0.6 is 0 Å². The summed E-state index contributed by atoms with van der Waals surface area (Å²) in [4.78, 5) is 21.7. The highest BCUT2D eigenvalue weighted by Crippen LogP contribution is 2.17. The smallest absolute Gasteiger partial charge is 0.411 e. The summed E-state index contributed by atoms with van der Waals surface area (Å²) < 4.78 is 9.80. The van der Waals surface area contributed by atoms with Gasteiger partial charge in [0.2, 0.25) is 0 Å². The van der Waals surface area contributed by atoms with Gasteiger partial charge in [-0.1, -0.05) is 6.07 Å². The fourth-order valence-electron chi connectivity index (χ4n) is 1.10. The van der Waals surface area contributed by atoms with Crippen LogP contribution in [-0.4, -0.2) is 25.2 Å². The molecule has 0 aliphatic heterocycles. The number of hydrogen-bond acceptors (Lipinski definition) is 4. The highest BCUT2D eigenvalue weighted by molar-refractivity contribution is 5.84. The molecule has 3 N–H and O–H groups in total. The molecule has 2 amide bonds. The topological polar surface area (TPSA) is 90.7 Å². The van der Waals surface area contributed by atoms with E-state index in [2.05, 4.69) is 5.32 Å². The maximum absolute atomic E-state index is 11.1. The van der Waals surface area contributed by atoms with Crippen LogP contribution in [0.25, 0.3) is 0 Å². The molecule has 1 rings (SSSR count). The van der Waals surface area contributed by atoms with Gasteiger partial charge in [0.05, 0.1) is 6.61 Å². The number of nitrogens with two attached hydrogens (primary N) is 1. The van der Waals surface area contributed by atoms with E-state index in [-0.39, 0.29) is 6.61 Å². The van der Waals surface area contributed by atoms with Crippen LogP contribution in [0.15, 0.2) is 24.3 Å². The number of amides is 2. The van der Waals surface area contributed by atoms with Crippen molar-refractivity contribution in [2.45, 2.75) is 6.92 Å². The number of carbonyl (C=O) groups excluding carboxylic acids is 2. The Bertz CT molecular complexity index is 406. The molecule has 6 heteroatoms. The lowest BCUT2D eigenvalue weighted by molar-refractivity contribution is -0.119. The normalized spacial score (nSPS) is 9.47. The van der Waals surface area contributed by atoms with Crippen LogP contribution < -0.4 is 15.8 Å². The molecular formula is C11H14N2O4. The Labute approximate surface area is 98.7 Å². The van der Waals surface area contributed by atoms with Gasteiger partial charge < -0.3 is 15.2 Å². The molecule has 0 saturated heterocycles. The molecule has 0 aliphatic carbocycles. The molecule has 6 nitrogen and oxygen atoms in total. The van der Waals surface area contributed by atoms with E-state index < -0.39 is 12.0 Å². The van der Waals surface area contributed by atoms with E-state index in [4.69, 9.17) is 15.2 Å². The van der Waals surface area contributed by atoms with Gasteiger partial charge in [-0.05, 0) is 19.1 Å². The first-order chi connectivity index (χ1) is 8.11. The Balaban J connectivity index is 2.59. The second kappa shape index (κ2) is 6.37. The largest absolute Gasteiger partial charge is 0.484 e. The Kier molecular flexibility index (Phi) is 4.80. The number of carbonyl (C=O) groups is 2. The van der Waals surface area contributed by atoms with Gasteiger partial charge in [-0.25, -0.2) is 4.79 Å². The average molecular weight is 238 g/mol. The van der Waals surface area contributed by atoms with E-state index in [0.29, 0.717) is 18.0 Å². The molecule has 17 heavy (non-hydrogen) atoms. The van der Waals surface area contributed by atoms with Gasteiger partial charge in [0.25, 0.3) is 5.91 Å². The van der Waals surface area contributed by atoms with Gasteiger partial charge in [-0.15, -0.1) is 0 Å². The van der Waals surface area contributed by atoms with E-state index >= 15 is 0 Å². The number of nitrogens with one attached hydrogen (secondary N) is 1. The third kappa shape index (κ3) is 4.87. The Morgan fingerprint density at radius 1 is 1.41 bits per heavy atom. The summed E-state index contributed by atoms with van der Waals surface area (Å²) in [6.07, 6.45) is -0.542. The summed E-state index contributed by atoms with van der Waals surface area (Å²) in [5.41, 5.74) is 5.46. The van der Waals surface area contributed by atoms with Gasteiger partial charge >= 0.3 is 6.09 Å². The van der Waals surface area contributed by atoms with Crippen LogP contribution in [0.5, 0.6) is 5.75 Å². The van der Waals surface area contributed by atoms with E-state index in [9.17, 15) is 9.59 Å². The van der Waals surface area contributed by atoms with Crippen molar-refractivity contribution in [3.63, 3.8) is 0 Å². The highest BCUT2D eigenvalue weighted by Gasteiger charge is 2.03. The molecule has 0 aliphatic rings. The molecule has 0 radical (unpaired) electrons. The van der Waals surface area contributed by atoms with Crippen molar-refractivity contribution >= 4 is 17.7 Å². The molecule has 0 spiro atoms. The molecule has 92 valence electrons. The van der Waals surface area contributed by atoms with Crippen molar-refractivity contribution in [3.8, 4) is 5.75 Å². The molecule has 0 saturated carbocycles. The second-order valence-corrected chi connectivity index (χ2v) is 3.13. The number of ether oxygens (including phenoxy) is 2. The molecular weight excluding hydrogens is 224 g/mol. The lowest BCUT2D eigenvalue weighted by Gasteiger charge is -2.07. The van der Waals surface area contributed by atoms with Crippen LogP contribution in [0.3, 0.4) is 0 Å². The zero-order valence-corrected chi connectivity index (χ0v) is 9.43. The maximum atomic E-state index is 11.1. The Morgan fingerprint density at radius 2 is 2.18 bits per heavy atom. The number of primary amides is 1. The van der Waals surface area contributed by atoms with Crippen LogP contribution in [-0.2, 0) is 9.53 Å². The van der Waals surface area contributed by atoms with Crippen molar-refractivity contribution in [2.24, 2.45) is 5.73 Å². The monoisotopic (exact) mass is 238 g/mol. The number of anilines is 1. The van der Waals surface area contributed by atoms with E-state index in [0.717, 1.165) is 0 Å². The minimum atomic E-state index is -0.561.